The predicted octanol–water partition coefficient (Wildman–Crippen LogP) is 6.71. The topological polar surface area (TPSA) is 82.9 Å². The molecular weight excluding hydrogens is 467 g/mol. The number of nitrogens with one attached hydrogen (secondary N) is 3. The maximum atomic E-state index is 14.8. The zero-order valence-corrected chi connectivity index (χ0v) is 21.9. The lowest BCUT2D eigenvalue weighted by Crippen LogP contribution is -2.08. The van der Waals surface area contributed by atoms with Crippen LogP contribution >= 0.6 is 0 Å². The predicted molar refractivity (Wildman–Crippen MR) is 152 cm³/mol. The molecule has 0 saturated carbocycles. The second-order valence-corrected chi connectivity index (χ2v) is 8.10. The Hall–Kier alpha value is -4.66. The van der Waals surface area contributed by atoms with Crippen molar-refractivity contribution in [2.24, 2.45) is 7.05 Å². The largest absolute Gasteiger partial charge is 0.378 e. The van der Waals surface area contributed by atoms with E-state index in [9.17, 15) is 4.39 Å². The molecule has 8 nitrogen and oxygen atoms in total. The molecule has 0 bridgehead atoms. The van der Waals surface area contributed by atoms with Gasteiger partial charge in [0.15, 0.2) is 0 Å². The minimum absolute atomic E-state index is 0.253. The molecule has 0 fully saturated rings. The lowest BCUT2D eigenvalue weighted by Gasteiger charge is -2.17. The Morgan fingerprint density at radius 3 is 2.51 bits per heavy atom. The van der Waals surface area contributed by atoms with Crippen LogP contribution in [0, 0.1) is 5.82 Å². The molecule has 0 aliphatic heterocycles. The van der Waals surface area contributed by atoms with Crippen LogP contribution in [0.25, 0.3) is 11.1 Å². The summed E-state index contributed by atoms with van der Waals surface area (Å²) in [6, 6.07) is 12.6. The number of aryl methyl sites for hydroxylation is 1. The second kappa shape index (κ2) is 12.3. The van der Waals surface area contributed by atoms with Crippen molar-refractivity contribution in [3.8, 4) is 11.1 Å². The van der Waals surface area contributed by atoms with E-state index in [1.807, 2.05) is 70.4 Å². The van der Waals surface area contributed by atoms with Crippen LogP contribution < -0.4 is 20.9 Å². The van der Waals surface area contributed by atoms with E-state index in [-0.39, 0.29) is 5.69 Å². The molecule has 3 N–H and O–H groups in total. The quantitative estimate of drug-likeness (QED) is 0.220. The highest BCUT2D eigenvalue weighted by Gasteiger charge is 2.14. The third kappa shape index (κ3) is 6.94. The normalized spacial score (nSPS) is 10.1. The maximum Gasteiger partial charge on any atom is 0.229 e. The summed E-state index contributed by atoms with van der Waals surface area (Å²) < 4.78 is 16.5. The molecule has 4 rings (SSSR count). The number of benzene rings is 2. The minimum Gasteiger partial charge on any atom is -0.378 e. The van der Waals surface area contributed by atoms with Crippen LogP contribution in [0.3, 0.4) is 0 Å². The third-order valence-corrected chi connectivity index (χ3v) is 5.19. The van der Waals surface area contributed by atoms with Crippen LogP contribution in [-0.4, -0.2) is 33.8 Å². The van der Waals surface area contributed by atoms with Gasteiger partial charge in [-0.05, 0) is 42.0 Å². The second-order valence-electron chi connectivity index (χ2n) is 8.10. The standard InChI is InChI=1S/C26H27FN8.C2H6/c1-6-17(2)30-19-10-11-23(27)24(13-19)32-25-22(18-8-7-9-21(12-18)34(3)4)15-28-26(33-25)31-20-14-29-35(5)16-20;1-2/h6-16,30H,1-2H2,3-5H3,(H2,28,31,32,33);1-2H3. The van der Waals surface area contributed by atoms with Crippen molar-refractivity contribution in [2.75, 3.05) is 34.9 Å². The monoisotopic (exact) mass is 500 g/mol. The molecule has 4 aromatic rings. The van der Waals surface area contributed by atoms with Gasteiger partial charge in [-0.1, -0.05) is 39.1 Å². The fourth-order valence-corrected chi connectivity index (χ4v) is 3.38. The molecule has 0 amide bonds. The summed E-state index contributed by atoms with van der Waals surface area (Å²) in [7, 11) is 5.77. The number of allylic oxidation sites excluding steroid dienone is 1. The maximum absolute atomic E-state index is 14.8. The fourth-order valence-electron chi connectivity index (χ4n) is 3.38. The first kappa shape index (κ1) is 26.9. The molecular formula is C28H33FN8. The highest BCUT2D eigenvalue weighted by molar-refractivity contribution is 5.81. The van der Waals surface area contributed by atoms with Gasteiger partial charge in [-0.2, -0.15) is 10.1 Å². The van der Waals surface area contributed by atoms with Gasteiger partial charge in [-0.15, -0.1) is 0 Å². The molecule has 9 heteroatoms. The molecule has 2 aromatic heterocycles. The Morgan fingerprint density at radius 2 is 1.84 bits per heavy atom. The Morgan fingerprint density at radius 1 is 1.05 bits per heavy atom. The van der Waals surface area contributed by atoms with Crippen molar-refractivity contribution in [3.05, 3.63) is 91.8 Å². The molecule has 0 aliphatic rings. The van der Waals surface area contributed by atoms with E-state index < -0.39 is 5.82 Å². The summed E-state index contributed by atoms with van der Waals surface area (Å²) in [5, 5.41) is 13.5. The van der Waals surface area contributed by atoms with E-state index in [1.54, 1.807) is 35.3 Å². The lowest BCUT2D eigenvalue weighted by molar-refractivity contribution is 0.632. The van der Waals surface area contributed by atoms with Gasteiger partial charge >= 0.3 is 0 Å². The molecule has 0 saturated heterocycles. The average molecular weight is 501 g/mol. The first-order chi connectivity index (χ1) is 17.8. The lowest BCUT2D eigenvalue weighted by atomic mass is 10.1. The summed E-state index contributed by atoms with van der Waals surface area (Å²) in [4.78, 5) is 11.2. The van der Waals surface area contributed by atoms with Gasteiger partial charge in [-0.3, -0.25) is 4.68 Å². The molecule has 2 heterocycles. The Bertz CT molecular complexity index is 1380. The van der Waals surface area contributed by atoms with Crippen molar-refractivity contribution in [1.82, 2.24) is 19.7 Å². The van der Waals surface area contributed by atoms with Gasteiger partial charge in [0.1, 0.15) is 11.6 Å². The summed E-state index contributed by atoms with van der Waals surface area (Å²) >= 11 is 0. The van der Waals surface area contributed by atoms with E-state index in [0.29, 0.717) is 23.2 Å². The van der Waals surface area contributed by atoms with Gasteiger partial charge in [0.2, 0.25) is 5.95 Å². The average Bonchev–Trinajstić information content (AvgIpc) is 3.31. The summed E-state index contributed by atoms with van der Waals surface area (Å²) in [6.07, 6.45) is 6.79. The number of hydrogen-bond acceptors (Lipinski definition) is 7. The zero-order valence-electron chi connectivity index (χ0n) is 21.9. The molecule has 192 valence electrons. The number of anilines is 6. The van der Waals surface area contributed by atoms with Crippen molar-refractivity contribution in [3.63, 3.8) is 0 Å². The molecule has 0 aliphatic carbocycles. The molecule has 2 aromatic carbocycles. The minimum atomic E-state index is -0.423. The summed E-state index contributed by atoms with van der Waals surface area (Å²) in [6.45, 7) is 11.5. The van der Waals surface area contributed by atoms with E-state index in [1.165, 1.54) is 6.07 Å². The van der Waals surface area contributed by atoms with Crippen LogP contribution in [0.5, 0.6) is 0 Å². The fraction of sp³-hybridized carbons (Fsp3) is 0.179. The summed E-state index contributed by atoms with van der Waals surface area (Å²) in [5.74, 6) is 0.372. The van der Waals surface area contributed by atoms with E-state index in [2.05, 4.69) is 44.2 Å². The first-order valence-electron chi connectivity index (χ1n) is 11.9. The Labute approximate surface area is 217 Å². The van der Waals surface area contributed by atoms with Gasteiger partial charge in [0, 0.05) is 56.2 Å². The number of hydrogen-bond donors (Lipinski definition) is 3. The van der Waals surface area contributed by atoms with Crippen LogP contribution in [0.2, 0.25) is 0 Å². The van der Waals surface area contributed by atoms with Crippen LogP contribution in [0.1, 0.15) is 13.8 Å². The molecule has 0 spiro atoms. The van der Waals surface area contributed by atoms with Gasteiger partial charge in [-0.25, -0.2) is 9.37 Å². The van der Waals surface area contributed by atoms with Gasteiger partial charge < -0.3 is 20.9 Å². The third-order valence-electron chi connectivity index (χ3n) is 5.19. The van der Waals surface area contributed by atoms with Crippen molar-refractivity contribution >= 4 is 34.5 Å². The Kier molecular flexibility index (Phi) is 8.99. The number of rotatable bonds is 9. The van der Waals surface area contributed by atoms with Gasteiger partial charge in [0.05, 0.1) is 17.6 Å². The summed E-state index contributed by atoms with van der Waals surface area (Å²) in [5.41, 5.74) is 4.89. The van der Waals surface area contributed by atoms with Crippen LogP contribution in [0.4, 0.5) is 38.9 Å². The molecule has 0 radical (unpaired) electrons. The number of halogens is 1. The highest BCUT2D eigenvalue weighted by atomic mass is 19.1. The van der Waals surface area contributed by atoms with Crippen LogP contribution in [-0.2, 0) is 7.05 Å². The SMILES string of the molecule is C=CC(=C)Nc1ccc(F)c(Nc2nc(Nc3cnn(C)c3)ncc2-c2cccc(N(C)C)c2)c1.CC. The van der Waals surface area contributed by atoms with Gasteiger partial charge in [0.25, 0.3) is 0 Å². The molecule has 0 atom stereocenters. The van der Waals surface area contributed by atoms with E-state index in [4.69, 9.17) is 0 Å². The number of nitrogens with zero attached hydrogens (tertiary/aromatic N) is 5. The van der Waals surface area contributed by atoms with Crippen molar-refractivity contribution in [2.45, 2.75) is 13.8 Å². The van der Waals surface area contributed by atoms with Crippen molar-refractivity contribution < 1.29 is 4.39 Å². The van der Waals surface area contributed by atoms with Crippen LogP contribution in [0.15, 0.2) is 86.0 Å². The number of aromatic nitrogens is 4. The molecule has 0 unspecified atom stereocenters. The highest BCUT2D eigenvalue weighted by Crippen LogP contribution is 2.33. The molecule has 37 heavy (non-hydrogen) atoms. The first-order valence-corrected chi connectivity index (χ1v) is 11.9. The van der Waals surface area contributed by atoms with Crippen molar-refractivity contribution in [1.29, 1.82) is 0 Å². The van der Waals surface area contributed by atoms with E-state index in [0.717, 1.165) is 22.5 Å². The van der Waals surface area contributed by atoms with E-state index >= 15 is 0 Å². The zero-order chi connectivity index (χ0) is 26.9. The smallest absolute Gasteiger partial charge is 0.229 e. The Balaban J connectivity index is 0.00000186.